The average Bonchev–Trinajstić information content (AvgIpc) is 2.36. The number of rotatable bonds is 3. The average molecular weight is 243 g/mol. The van der Waals surface area contributed by atoms with Gasteiger partial charge in [-0.3, -0.25) is 9.78 Å². The molecule has 3 heteroatoms. The minimum Gasteiger partial charge on any atom is -0.469 e. The number of aromatic nitrogens is 1. The third kappa shape index (κ3) is 2.50. The molecule has 0 amide bonds. The minimum atomic E-state index is -0.184. The Morgan fingerprint density at radius 3 is 2.83 bits per heavy atom. The van der Waals surface area contributed by atoms with Crippen LogP contribution in [0.25, 0.3) is 10.9 Å². The van der Waals surface area contributed by atoms with Crippen LogP contribution in [0.4, 0.5) is 0 Å². The molecule has 0 N–H and O–H groups in total. The smallest absolute Gasteiger partial charge is 0.305 e. The molecular weight excluding hydrogens is 226 g/mol. The third-order valence-electron chi connectivity index (χ3n) is 3.08. The van der Waals surface area contributed by atoms with Gasteiger partial charge in [-0.2, -0.15) is 0 Å². The van der Waals surface area contributed by atoms with Crippen LogP contribution in [0.5, 0.6) is 0 Å². The maximum Gasteiger partial charge on any atom is 0.305 e. The predicted molar refractivity (Wildman–Crippen MR) is 71.6 cm³/mol. The van der Waals surface area contributed by atoms with Crippen molar-refractivity contribution in [2.45, 2.75) is 26.7 Å². The molecule has 2 aromatic rings. The number of nitrogens with zero attached hydrogens (tertiary/aromatic N) is 1. The summed E-state index contributed by atoms with van der Waals surface area (Å²) in [5.74, 6) is -0.184. The lowest BCUT2D eigenvalue weighted by Crippen LogP contribution is -2.03. The fraction of sp³-hybridized carbons (Fsp3) is 0.333. The van der Waals surface area contributed by atoms with Gasteiger partial charge in [-0.25, -0.2) is 0 Å². The van der Waals surface area contributed by atoms with Gasteiger partial charge in [0.25, 0.3) is 0 Å². The quantitative estimate of drug-likeness (QED) is 0.778. The van der Waals surface area contributed by atoms with E-state index in [0.29, 0.717) is 12.8 Å². The van der Waals surface area contributed by atoms with Gasteiger partial charge in [-0.15, -0.1) is 0 Å². The number of methoxy groups -OCH3 is 1. The van der Waals surface area contributed by atoms with E-state index in [4.69, 9.17) is 0 Å². The van der Waals surface area contributed by atoms with E-state index in [1.165, 1.54) is 12.7 Å². The number of carbonyl (C=O) groups excluding carboxylic acids is 1. The highest BCUT2D eigenvalue weighted by atomic mass is 16.5. The lowest BCUT2D eigenvalue weighted by molar-refractivity contribution is -0.140. The number of fused-ring (bicyclic) bond motifs is 1. The summed E-state index contributed by atoms with van der Waals surface area (Å²) in [5, 5.41) is 1.16. The van der Waals surface area contributed by atoms with Crippen molar-refractivity contribution in [2.75, 3.05) is 7.11 Å². The zero-order valence-corrected chi connectivity index (χ0v) is 11.0. The molecular formula is C15H17NO2. The largest absolute Gasteiger partial charge is 0.469 e. The van der Waals surface area contributed by atoms with Crippen LogP contribution in [0.1, 0.15) is 23.2 Å². The Morgan fingerprint density at radius 2 is 2.11 bits per heavy atom. The Balaban J connectivity index is 2.41. The van der Waals surface area contributed by atoms with Gasteiger partial charge in [0.1, 0.15) is 0 Å². The zero-order chi connectivity index (χ0) is 13.1. The number of pyridine rings is 1. The number of para-hydroxylation sites is 1. The molecule has 0 aliphatic rings. The van der Waals surface area contributed by atoms with Gasteiger partial charge in [0.05, 0.1) is 12.6 Å². The van der Waals surface area contributed by atoms with Gasteiger partial charge < -0.3 is 4.74 Å². The summed E-state index contributed by atoms with van der Waals surface area (Å²) < 4.78 is 4.67. The summed E-state index contributed by atoms with van der Waals surface area (Å²) >= 11 is 0. The van der Waals surface area contributed by atoms with E-state index in [9.17, 15) is 4.79 Å². The van der Waals surface area contributed by atoms with Crippen LogP contribution in [0, 0.1) is 13.8 Å². The van der Waals surface area contributed by atoms with Crippen molar-refractivity contribution in [2.24, 2.45) is 0 Å². The number of hydrogen-bond acceptors (Lipinski definition) is 3. The van der Waals surface area contributed by atoms with Crippen molar-refractivity contribution in [3.8, 4) is 0 Å². The van der Waals surface area contributed by atoms with Crippen LogP contribution in [0.3, 0.4) is 0 Å². The van der Waals surface area contributed by atoms with E-state index < -0.39 is 0 Å². The van der Waals surface area contributed by atoms with E-state index in [2.05, 4.69) is 28.8 Å². The lowest BCUT2D eigenvalue weighted by Gasteiger charge is -2.08. The molecule has 94 valence electrons. The Kier molecular flexibility index (Phi) is 3.60. The molecule has 0 saturated carbocycles. The highest BCUT2D eigenvalue weighted by molar-refractivity contribution is 5.85. The van der Waals surface area contributed by atoms with Gasteiger partial charge in [0, 0.05) is 17.5 Å². The Hall–Kier alpha value is -1.90. The third-order valence-corrected chi connectivity index (χ3v) is 3.08. The molecule has 0 bridgehead atoms. The van der Waals surface area contributed by atoms with Crippen LogP contribution < -0.4 is 0 Å². The molecule has 3 nitrogen and oxygen atoms in total. The molecule has 1 heterocycles. The maximum absolute atomic E-state index is 11.2. The lowest BCUT2D eigenvalue weighted by atomic mass is 10.0. The first kappa shape index (κ1) is 12.6. The topological polar surface area (TPSA) is 39.2 Å². The molecule has 0 atom stereocenters. The molecule has 0 unspecified atom stereocenters. The number of esters is 1. The SMILES string of the molecule is COC(=O)CCc1cccc2c(C)cc(C)nc12. The van der Waals surface area contributed by atoms with E-state index in [1.807, 2.05) is 19.1 Å². The summed E-state index contributed by atoms with van der Waals surface area (Å²) in [7, 11) is 1.41. The summed E-state index contributed by atoms with van der Waals surface area (Å²) in [6, 6.07) is 8.18. The van der Waals surface area contributed by atoms with Crippen molar-refractivity contribution in [3.63, 3.8) is 0 Å². The molecule has 0 aliphatic heterocycles. The molecule has 0 fully saturated rings. The van der Waals surface area contributed by atoms with Crippen LogP contribution in [-0.2, 0) is 16.0 Å². The second kappa shape index (κ2) is 5.17. The number of ether oxygens (including phenoxy) is 1. The Morgan fingerprint density at radius 1 is 1.33 bits per heavy atom. The first-order chi connectivity index (χ1) is 8.61. The van der Waals surface area contributed by atoms with Crippen LogP contribution in [0.2, 0.25) is 0 Å². The highest BCUT2D eigenvalue weighted by Crippen LogP contribution is 2.22. The van der Waals surface area contributed by atoms with E-state index in [-0.39, 0.29) is 5.97 Å². The fourth-order valence-corrected chi connectivity index (χ4v) is 2.18. The van der Waals surface area contributed by atoms with E-state index in [0.717, 1.165) is 22.2 Å². The molecule has 18 heavy (non-hydrogen) atoms. The van der Waals surface area contributed by atoms with Crippen molar-refractivity contribution < 1.29 is 9.53 Å². The van der Waals surface area contributed by atoms with Gasteiger partial charge in [0.2, 0.25) is 0 Å². The van der Waals surface area contributed by atoms with Gasteiger partial charge >= 0.3 is 5.97 Å². The summed E-state index contributed by atoms with van der Waals surface area (Å²) in [4.78, 5) is 15.8. The minimum absolute atomic E-state index is 0.184. The number of benzene rings is 1. The van der Waals surface area contributed by atoms with Crippen LogP contribution in [0.15, 0.2) is 24.3 Å². The standard InChI is InChI=1S/C15H17NO2/c1-10-9-11(2)16-15-12(5-4-6-13(10)15)7-8-14(17)18-3/h4-6,9H,7-8H2,1-3H3. The normalized spacial score (nSPS) is 10.6. The second-order valence-corrected chi connectivity index (χ2v) is 4.47. The monoisotopic (exact) mass is 243 g/mol. The second-order valence-electron chi connectivity index (χ2n) is 4.47. The van der Waals surface area contributed by atoms with Crippen LogP contribution >= 0.6 is 0 Å². The first-order valence-electron chi connectivity index (χ1n) is 6.04. The van der Waals surface area contributed by atoms with Gasteiger partial charge in [-0.1, -0.05) is 18.2 Å². The zero-order valence-electron chi connectivity index (χ0n) is 11.0. The Bertz CT molecular complexity index is 590. The first-order valence-corrected chi connectivity index (χ1v) is 6.04. The number of aryl methyl sites for hydroxylation is 3. The van der Waals surface area contributed by atoms with Crippen molar-refractivity contribution in [1.29, 1.82) is 0 Å². The number of hydrogen-bond donors (Lipinski definition) is 0. The molecule has 0 aliphatic carbocycles. The summed E-state index contributed by atoms with van der Waals surface area (Å²) in [6.45, 7) is 4.07. The van der Waals surface area contributed by atoms with E-state index >= 15 is 0 Å². The molecule has 0 spiro atoms. The molecule has 1 aromatic heterocycles. The predicted octanol–water partition coefficient (Wildman–Crippen LogP) is 2.96. The highest BCUT2D eigenvalue weighted by Gasteiger charge is 2.08. The number of carbonyl (C=O) groups is 1. The van der Waals surface area contributed by atoms with Crippen molar-refractivity contribution >= 4 is 16.9 Å². The van der Waals surface area contributed by atoms with Crippen molar-refractivity contribution in [3.05, 3.63) is 41.1 Å². The summed E-state index contributed by atoms with van der Waals surface area (Å²) in [5.41, 5.74) is 4.33. The summed E-state index contributed by atoms with van der Waals surface area (Å²) in [6.07, 6.45) is 1.06. The Labute approximate surface area is 107 Å². The van der Waals surface area contributed by atoms with Crippen LogP contribution in [-0.4, -0.2) is 18.1 Å². The van der Waals surface area contributed by atoms with E-state index in [1.54, 1.807) is 0 Å². The maximum atomic E-state index is 11.2. The molecule has 2 rings (SSSR count). The van der Waals surface area contributed by atoms with Crippen molar-refractivity contribution in [1.82, 2.24) is 4.98 Å². The van der Waals surface area contributed by atoms with Gasteiger partial charge in [0.15, 0.2) is 0 Å². The molecule has 0 saturated heterocycles. The molecule has 1 aromatic carbocycles. The molecule has 0 radical (unpaired) electrons. The van der Waals surface area contributed by atoms with Gasteiger partial charge in [-0.05, 0) is 37.5 Å². The fourth-order valence-electron chi connectivity index (χ4n) is 2.18.